The van der Waals surface area contributed by atoms with Crippen molar-refractivity contribution in [2.45, 2.75) is 6.54 Å². The van der Waals surface area contributed by atoms with E-state index in [1.165, 1.54) is 6.26 Å². The third kappa shape index (κ3) is 3.08. The van der Waals surface area contributed by atoms with Crippen molar-refractivity contribution in [2.24, 2.45) is 0 Å². The number of ether oxygens (including phenoxy) is 1. The van der Waals surface area contributed by atoms with Crippen LogP contribution in [0.25, 0.3) is 0 Å². The van der Waals surface area contributed by atoms with Crippen molar-refractivity contribution >= 4 is 27.5 Å². The molecule has 0 fully saturated rings. The van der Waals surface area contributed by atoms with E-state index in [2.05, 4.69) is 21.2 Å². The fourth-order valence-electron chi connectivity index (χ4n) is 1.63. The van der Waals surface area contributed by atoms with Crippen LogP contribution in [0.5, 0.6) is 5.75 Å². The maximum absolute atomic E-state index is 11.9. The molecule has 5 nitrogen and oxygen atoms in total. The second-order valence-electron chi connectivity index (χ2n) is 3.87. The Morgan fingerprint density at radius 2 is 2.26 bits per heavy atom. The Labute approximate surface area is 118 Å². The first kappa shape index (κ1) is 13.5. The predicted molar refractivity (Wildman–Crippen MR) is 75.0 cm³/mol. The van der Waals surface area contributed by atoms with Crippen molar-refractivity contribution in [3.63, 3.8) is 0 Å². The van der Waals surface area contributed by atoms with Crippen molar-refractivity contribution in [3.8, 4) is 5.75 Å². The lowest BCUT2D eigenvalue weighted by Gasteiger charge is -2.08. The van der Waals surface area contributed by atoms with Crippen molar-refractivity contribution in [3.05, 3.63) is 46.3 Å². The maximum atomic E-state index is 11.9. The third-order valence-corrected chi connectivity index (χ3v) is 3.22. The van der Waals surface area contributed by atoms with E-state index in [0.29, 0.717) is 28.2 Å². The van der Waals surface area contributed by atoms with E-state index < -0.39 is 0 Å². The molecule has 0 saturated heterocycles. The minimum Gasteiger partial charge on any atom is -0.495 e. The number of anilines is 1. The first-order valence-corrected chi connectivity index (χ1v) is 6.34. The highest BCUT2D eigenvalue weighted by Gasteiger charge is 2.12. The number of methoxy groups -OCH3 is 1. The van der Waals surface area contributed by atoms with E-state index in [1.54, 1.807) is 25.3 Å². The summed E-state index contributed by atoms with van der Waals surface area (Å²) < 4.78 is 10.5. The van der Waals surface area contributed by atoms with Crippen molar-refractivity contribution in [1.29, 1.82) is 0 Å². The van der Waals surface area contributed by atoms with Crippen molar-refractivity contribution < 1.29 is 13.9 Å². The number of amides is 1. The van der Waals surface area contributed by atoms with Gasteiger partial charge in [0.1, 0.15) is 5.75 Å². The smallest absolute Gasteiger partial charge is 0.256 e. The Morgan fingerprint density at radius 1 is 1.47 bits per heavy atom. The molecule has 2 rings (SSSR count). The molecule has 3 N–H and O–H groups in total. The number of hydrogen-bond acceptors (Lipinski definition) is 4. The van der Waals surface area contributed by atoms with Gasteiger partial charge >= 0.3 is 0 Å². The predicted octanol–water partition coefficient (Wildman–Crippen LogP) is 2.56. The molecular formula is C13H13BrN2O3. The van der Waals surface area contributed by atoms with Gasteiger partial charge in [0.25, 0.3) is 5.91 Å². The van der Waals surface area contributed by atoms with Gasteiger partial charge in [0.2, 0.25) is 0 Å². The first-order chi connectivity index (χ1) is 9.11. The normalized spacial score (nSPS) is 10.2. The van der Waals surface area contributed by atoms with E-state index in [4.69, 9.17) is 14.9 Å². The summed E-state index contributed by atoms with van der Waals surface area (Å²) in [6.07, 6.45) is 1.45. The van der Waals surface area contributed by atoms with Crippen molar-refractivity contribution in [2.75, 3.05) is 12.8 Å². The van der Waals surface area contributed by atoms with E-state index in [-0.39, 0.29) is 5.91 Å². The summed E-state index contributed by atoms with van der Waals surface area (Å²) in [5.74, 6) is 0.405. The van der Waals surface area contributed by atoms with Crippen LogP contribution in [0.3, 0.4) is 0 Å². The van der Waals surface area contributed by atoms with Gasteiger partial charge in [-0.2, -0.15) is 0 Å². The maximum Gasteiger partial charge on any atom is 0.256 e. The van der Waals surface area contributed by atoms with Crippen LogP contribution in [-0.4, -0.2) is 13.0 Å². The van der Waals surface area contributed by atoms with E-state index >= 15 is 0 Å². The molecule has 0 radical (unpaired) electrons. The molecule has 19 heavy (non-hydrogen) atoms. The number of rotatable bonds is 4. The van der Waals surface area contributed by atoms with Gasteiger partial charge in [0.15, 0.2) is 4.67 Å². The Hall–Kier alpha value is -1.95. The molecule has 0 spiro atoms. The number of hydrogen-bond donors (Lipinski definition) is 2. The molecule has 1 aromatic heterocycles. The minimum atomic E-state index is -0.213. The van der Waals surface area contributed by atoms with Gasteiger partial charge in [-0.15, -0.1) is 0 Å². The lowest BCUT2D eigenvalue weighted by Crippen LogP contribution is -2.22. The number of nitrogen functional groups attached to an aromatic ring is 1. The molecule has 1 heterocycles. The van der Waals surface area contributed by atoms with E-state index in [1.807, 2.05) is 6.07 Å². The minimum absolute atomic E-state index is 0.213. The molecule has 0 aliphatic rings. The molecule has 0 aliphatic carbocycles. The molecule has 100 valence electrons. The van der Waals surface area contributed by atoms with E-state index in [9.17, 15) is 4.79 Å². The van der Waals surface area contributed by atoms with Gasteiger partial charge in [0, 0.05) is 6.54 Å². The Bertz CT molecular complexity index is 595. The third-order valence-electron chi connectivity index (χ3n) is 2.61. The summed E-state index contributed by atoms with van der Waals surface area (Å²) in [5, 5.41) is 2.78. The SMILES string of the molecule is COc1ccc(CNC(=O)c2ccoc2Br)cc1N. The van der Waals surface area contributed by atoms with Crippen LogP contribution in [0.1, 0.15) is 15.9 Å². The number of nitrogens with two attached hydrogens (primary N) is 1. The highest BCUT2D eigenvalue weighted by molar-refractivity contribution is 9.10. The molecule has 0 unspecified atom stereocenters. The van der Waals surface area contributed by atoms with Gasteiger partial charge in [-0.1, -0.05) is 6.07 Å². The number of carbonyl (C=O) groups is 1. The number of furan rings is 1. The molecule has 0 atom stereocenters. The molecule has 1 amide bonds. The zero-order chi connectivity index (χ0) is 13.8. The van der Waals surface area contributed by atoms with Crippen LogP contribution in [-0.2, 0) is 6.54 Å². The summed E-state index contributed by atoms with van der Waals surface area (Å²) in [6.45, 7) is 0.380. The molecule has 6 heteroatoms. The van der Waals surface area contributed by atoms with Crippen LogP contribution in [0.15, 0.2) is 39.6 Å². The van der Waals surface area contributed by atoms with E-state index in [0.717, 1.165) is 5.56 Å². The fraction of sp³-hybridized carbons (Fsp3) is 0.154. The summed E-state index contributed by atoms with van der Waals surface area (Å²) in [7, 11) is 1.56. The Balaban J connectivity index is 2.01. The Kier molecular flexibility index (Phi) is 4.11. The van der Waals surface area contributed by atoms with Gasteiger partial charge in [-0.25, -0.2) is 0 Å². The number of halogens is 1. The van der Waals surface area contributed by atoms with Crippen LogP contribution >= 0.6 is 15.9 Å². The van der Waals surface area contributed by atoms with Gasteiger partial charge in [-0.3, -0.25) is 4.79 Å². The van der Waals surface area contributed by atoms with Gasteiger partial charge in [0.05, 0.1) is 24.6 Å². The number of benzene rings is 1. The van der Waals surface area contributed by atoms with Crippen LogP contribution in [0.2, 0.25) is 0 Å². The summed E-state index contributed by atoms with van der Waals surface area (Å²) in [4.78, 5) is 11.9. The molecule has 1 aromatic carbocycles. The molecule has 2 aromatic rings. The topological polar surface area (TPSA) is 77.5 Å². The highest BCUT2D eigenvalue weighted by Crippen LogP contribution is 2.22. The lowest BCUT2D eigenvalue weighted by molar-refractivity contribution is 0.0949. The zero-order valence-corrected chi connectivity index (χ0v) is 11.9. The summed E-state index contributed by atoms with van der Waals surface area (Å²) in [6, 6.07) is 6.98. The average molecular weight is 325 g/mol. The standard InChI is InChI=1S/C13H13BrN2O3/c1-18-11-3-2-8(6-10(11)15)7-16-13(17)9-4-5-19-12(9)14/h2-6H,7,15H2,1H3,(H,16,17). The molecular weight excluding hydrogens is 312 g/mol. The van der Waals surface area contributed by atoms with Crippen molar-refractivity contribution in [1.82, 2.24) is 5.32 Å². The molecule has 0 bridgehead atoms. The Morgan fingerprint density at radius 3 is 2.84 bits per heavy atom. The molecule has 0 aliphatic heterocycles. The highest BCUT2D eigenvalue weighted by atomic mass is 79.9. The quantitative estimate of drug-likeness (QED) is 0.847. The van der Waals surface area contributed by atoms with Gasteiger partial charge in [-0.05, 0) is 39.7 Å². The lowest BCUT2D eigenvalue weighted by atomic mass is 10.2. The van der Waals surface area contributed by atoms with Crippen LogP contribution in [0.4, 0.5) is 5.69 Å². The second kappa shape index (κ2) is 5.79. The van der Waals surface area contributed by atoms with Crippen LogP contribution in [0, 0.1) is 0 Å². The van der Waals surface area contributed by atoms with Crippen LogP contribution < -0.4 is 15.8 Å². The molecule has 0 saturated carbocycles. The summed E-state index contributed by atoms with van der Waals surface area (Å²) in [5.41, 5.74) is 7.69. The summed E-state index contributed by atoms with van der Waals surface area (Å²) >= 11 is 3.16. The number of carbonyl (C=O) groups excluding carboxylic acids is 1. The fourth-order valence-corrected chi connectivity index (χ4v) is 2.05. The largest absolute Gasteiger partial charge is 0.495 e. The monoisotopic (exact) mass is 324 g/mol. The second-order valence-corrected chi connectivity index (χ2v) is 4.59. The van der Waals surface area contributed by atoms with Gasteiger partial charge < -0.3 is 20.2 Å². The number of nitrogens with one attached hydrogen (secondary N) is 1. The average Bonchev–Trinajstić information content (AvgIpc) is 2.82. The first-order valence-electron chi connectivity index (χ1n) is 5.55. The zero-order valence-electron chi connectivity index (χ0n) is 10.3.